The highest BCUT2D eigenvalue weighted by molar-refractivity contribution is 14.0. The van der Waals surface area contributed by atoms with Gasteiger partial charge in [-0.1, -0.05) is 24.3 Å². The van der Waals surface area contributed by atoms with Crippen molar-refractivity contribution in [2.24, 2.45) is 4.99 Å². The van der Waals surface area contributed by atoms with Crippen LogP contribution in [0.25, 0.3) is 0 Å². The van der Waals surface area contributed by atoms with E-state index in [0.717, 1.165) is 45.4 Å². The van der Waals surface area contributed by atoms with Crippen LogP contribution in [0.1, 0.15) is 25.0 Å². The second-order valence-corrected chi connectivity index (χ2v) is 6.00. The predicted molar refractivity (Wildman–Crippen MR) is 111 cm³/mol. The first kappa shape index (κ1) is 21.2. The van der Waals surface area contributed by atoms with Gasteiger partial charge in [-0.2, -0.15) is 0 Å². The Hall–Kier alpha value is -0.860. The third-order valence-corrected chi connectivity index (χ3v) is 4.25. The summed E-state index contributed by atoms with van der Waals surface area (Å²) in [6, 6.07) is 8.88. The molecule has 1 aromatic carbocycles. The van der Waals surface area contributed by atoms with E-state index in [0.29, 0.717) is 12.6 Å². The summed E-state index contributed by atoms with van der Waals surface area (Å²) < 4.78 is 5.41. The van der Waals surface area contributed by atoms with E-state index in [-0.39, 0.29) is 24.0 Å². The first-order valence-electron chi connectivity index (χ1n) is 8.59. The third-order valence-electron chi connectivity index (χ3n) is 4.25. The van der Waals surface area contributed by atoms with Crippen molar-refractivity contribution in [3.8, 4) is 0 Å². The quantitative estimate of drug-likeness (QED) is 0.401. The van der Waals surface area contributed by atoms with Crippen LogP contribution in [-0.2, 0) is 11.3 Å². The Bertz CT molecular complexity index is 504. The van der Waals surface area contributed by atoms with Gasteiger partial charge in [-0.15, -0.1) is 24.0 Å². The zero-order chi connectivity index (χ0) is 16.5. The average molecular weight is 446 g/mol. The summed E-state index contributed by atoms with van der Waals surface area (Å²) in [5, 5.41) is 6.79. The zero-order valence-electron chi connectivity index (χ0n) is 15.0. The van der Waals surface area contributed by atoms with Crippen molar-refractivity contribution < 1.29 is 4.74 Å². The van der Waals surface area contributed by atoms with E-state index < -0.39 is 0 Å². The van der Waals surface area contributed by atoms with Gasteiger partial charge in [0.05, 0.1) is 19.8 Å². The molecule has 136 valence electrons. The number of halogens is 1. The van der Waals surface area contributed by atoms with Crippen molar-refractivity contribution in [1.29, 1.82) is 0 Å². The SMILES string of the molecule is CCNC(=NCc1ccccc1C)NCC(C)N1CCOCC1.I. The van der Waals surface area contributed by atoms with Gasteiger partial charge in [0.25, 0.3) is 0 Å². The first-order valence-corrected chi connectivity index (χ1v) is 8.59. The minimum atomic E-state index is 0. The molecule has 2 rings (SSSR count). The van der Waals surface area contributed by atoms with E-state index >= 15 is 0 Å². The standard InChI is InChI=1S/C18H30N4O.HI/c1-4-19-18(21-14-17-8-6-5-7-15(17)2)20-13-16(3)22-9-11-23-12-10-22;/h5-8,16H,4,9-14H2,1-3H3,(H2,19,20,21);1H. The van der Waals surface area contributed by atoms with E-state index in [2.05, 4.69) is 60.6 Å². The fourth-order valence-corrected chi connectivity index (χ4v) is 2.69. The molecule has 1 atom stereocenters. The van der Waals surface area contributed by atoms with E-state index in [1.54, 1.807) is 0 Å². The number of aliphatic imine (C=N–C) groups is 1. The van der Waals surface area contributed by atoms with Gasteiger partial charge < -0.3 is 15.4 Å². The van der Waals surface area contributed by atoms with Crippen molar-refractivity contribution in [1.82, 2.24) is 15.5 Å². The Morgan fingerprint density at radius 1 is 1.25 bits per heavy atom. The van der Waals surface area contributed by atoms with Crippen molar-refractivity contribution in [2.75, 3.05) is 39.4 Å². The second-order valence-electron chi connectivity index (χ2n) is 6.00. The van der Waals surface area contributed by atoms with E-state index in [4.69, 9.17) is 9.73 Å². The highest BCUT2D eigenvalue weighted by atomic mass is 127. The summed E-state index contributed by atoms with van der Waals surface area (Å²) in [7, 11) is 0. The molecule has 2 N–H and O–H groups in total. The summed E-state index contributed by atoms with van der Waals surface area (Å²) >= 11 is 0. The fourth-order valence-electron chi connectivity index (χ4n) is 2.69. The Morgan fingerprint density at radius 2 is 1.96 bits per heavy atom. The predicted octanol–water partition coefficient (Wildman–Crippen LogP) is 2.39. The number of rotatable bonds is 6. The molecule has 1 aromatic rings. The van der Waals surface area contributed by atoms with Crippen LogP contribution >= 0.6 is 24.0 Å². The Labute approximate surface area is 163 Å². The molecule has 1 aliphatic rings. The molecule has 0 radical (unpaired) electrons. The molecule has 1 fully saturated rings. The number of guanidine groups is 1. The number of benzene rings is 1. The van der Waals surface area contributed by atoms with Gasteiger partial charge in [0.2, 0.25) is 0 Å². The van der Waals surface area contributed by atoms with E-state index in [1.807, 2.05) is 0 Å². The Kier molecular flexibility index (Phi) is 10.3. The minimum absolute atomic E-state index is 0. The van der Waals surface area contributed by atoms with E-state index in [9.17, 15) is 0 Å². The second kappa shape index (κ2) is 11.7. The lowest BCUT2D eigenvalue weighted by Gasteiger charge is -2.32. The molecule has 1 unspecified atom stereocenters. The van der Waals surface area contributed by atoms with Crippen LogP contribution < -0.4 is 10.6 Å². The molecule has 0 aliphatic carbocycles. The number of nitrogens with zero attached hydrogens (tertiary/aromatic N) is 2. The maximum absolute atomic E-state index is 5.41. The van der Waals surface area contributed by atoms with Crippen molar-refractivity contribution >= 4 is 29.9 Å². The smallest absolute Gasteiger partial charge is 0.191 e. The van der Waals surface area contributed by atoms with Gasteiger partial charge in [-0.3, -0.25) is 4.90 Å². The monoisotopic (exact) mass is 446 g/mol. The molecular formula is C18H31IN4O. The molecule has 0 spiro atoms. The fraction of sp³-hybridized carbons (Fsp3) is 0.611. The van der Waals surface area contributed by atoms with Crippen molar-refractivity contribution in [2.45, 2.75) is 33.4 Å². The highest BCUT2D eigenvalue weighted by Gasteiger charge is 2.16. The molecule has 0 bridgehead atoms. The molecule has 6 heteroatoms. The van der Waals surface area contributed by atoms with Gasteiger partial charge in [0.1, 0.15) is 0 Å². The van der Waals surface area contributed by atoms with Crippen LogP contribution in [-0.4, -0.2) is 56.3 Å². The number of morpholine rings is 1. The lowest BCUT2D eigenvalue weighted by molar-refractivity contribution is 0.0211. The minimum Gasteiger partial charge on any atom is -0.379 e. The first-order chi connectivity index (χ1) is 11.2. The molecule has 0 saturated carbocycles. The highest BCUT2D eigenvalue weighted by Crippen LogP contribution is 2.08. The summed E-state index contributed by atoms with van der Waals surface area (Å²) in [5.41, 5.74) is 2.56. The molecular weight excluding hydrogens is 415 g/mol. The number of aryl methyl sites for hydroxylation is 1. The lowest BCUT2D eigenvalue weighted by Crippen LogP contribution is -2.49. The zero-order valence-corrected chi connectivity index (χ0v) is 17.4. The summed E-state index contributed by atoms with van der Waals surface area (Å²) in [4.78, 5) is 7.17. The molecule has 0 aromatic heterocycles. The number of ether oxygens (including phenoxy) is 1. The van der Waals surface area contributed by atoms with Crippen LogP contribution in [0.15, 0.2) is 29.3 Å². The Balaban J connectivity index is 0.00000288. The van der Waals surface area contributed by atoms with Gasteiger partial charge in [-0.25, -0.2) is 4.99 Å². The number of nitrogens with one attached hydrogen (secondary N) is 2. The van der Waals surface area contributed by atoms with Crippen LogP contribution in [0.3, 0.4) is 0 Å². The molecule has 24 heavy (non-hydrogen) atoms. The van der Waals surface area contributed by atoms with Crippen molar-refractivity contribution in [3.63, 3.8) is 0 Å². The van der Waals surface area contributed by atoms with Crippen molar-refractivity contribution in [3.05, 3.63) is 35.4 Å². The normalized spacial score (nSPS) is 17.0. The molecule has 0 amide bonds. The summed E-state index contributed by atoms with van der Waals surface area (Å²) in [6.45, 7) is 12.6. The lowest BCUT2D eigenvalue weighted by atomic mass is 10.1. The molecule has 1 saturated heterocycles. The largest absolute Gasteiger partial charge is 0.379 e. The molecule has 5 nitrogen and oxygen atoms in total. The Morgan fingerprint density at radius 3 is 2.62 bits per heavy atom. The van der Waals surface area contributed by atoms with Gasteiger partial charge in [0.15, 0.2) is 5.96 Å². The van der Waals surface area contributed by atoms with Gasteiger partial charge in [-0.05, 0) is 31.9 Å². The van der Waals surface area contributed by atoms with Crippen LogP contribution in [0.5, 0.6) is 0 Å². The maximum atomic E-state index is 5.41. The van der Waals surface area contributed by atoms with Crippen LogP contribution in [0.2, 0.25) is 0 Å². The topological polar surface area (TPSA) is 48.9 Å². The summed E-state index contributed by atoms with van der Waals surface area (Å²) in [6.07, 6.45) is 0. The average Bonchev–Trinajstić information content (AvgIpc) is 2.59. The van der Waals surface area contributed by atoms with Crippen LogP contribution in [0, 0.1) is 6.92 Å². The number of hydrogen-bond donors (Lipinski definition) is 2. The van der Waals surface area contributed by atoms with Gasteiger partial charge in [0, 0.05) is 32.2 Å². The van der Waals surface area contributed by atoms with E-state index in [1.165, 1.54) is 11.1 Å². The molecule has 1 heterocycles. The van der Waals surface area contributed by atoms with Gasteiger partial charge >= 0.3 is 0 Å². The maximum Gasteiger partial charge on any atom is 0.191 e. The third kappa shape index (κ3) is 6.94. The van der Waals surface area contributed by atoms with Crippen LogP contribution in [0.4, 0.5) is 0 Å². The molecule has 1 aliphatic heterocycles. The summed E-state index contributed by atoms with van der Waals surface area (Å²) in [5.74, 6) is 0.885. The number of hydrogen-bond acceptors (Lipinski definition) is 3.